The fourth-order valence-electron chi connectivity index (χ4n) is 2.83. The van der Waals surface area contributed by atoms with Crippen LogP contribution in [0.5, 0.6) is 0 Å². The molecule has 1 amide bonds. The fraction of sp³-hybridized carbons (Fsp3) is 0.375. The molecule has 1 aromatic carbocycles. The molecule has 1 aliphatic carbocycles. The van der Waals surface area contributed by atoms with Crippen LogP contribution in [-0.2, 0) is 31.1 Å². The van der Waals surface area contributed by atoms with Crippen LogP contribution >= 0.6 is 0 Å². The van der Waals surface area contributed by atoms with E-state index in [4.69, 9.17) is 0 Å². The van der Waals surface area contributed by atoms with Crippen LogP contribution in [0.25, 0.3) is 0 Å². The lowest BCUT2D eigenvalue weighted by Crippen LogP contribution is -2.32. The minimum absolute atomic E-state index is 0.0962. The van der Waals surface area contributed by atoms with E-state index in [1.165, 1.54) is 11.1 Å². The lowest BCUT2D eigenvalue weighted by molar-refractivity contribution is -0.124. The summed E-state index contributed by atoms with van der Waals surface area (Å²) in [6, 6.07) is 8.33. The summed E-state index contributed by atoms with van der Waals surface area (Å²) in [5, 5.41) is 3.04. The zero-order valence-corrected chi connectivity index (χ0v) is 11.7. The highest BCUT2D eigenvalue weighted by atomic mass is 16.1. The first-order valence-electron chi connectivity index (χ1n) is 7.03. The van der Waals surface area contributed by atoms with Crippen molar-refractivity contribution in [1.29, 1.82) is 0 Å². The van der Waals surface area contributed by atoms with E-state index in [2.05, 4.69) is 22.4 Å². The fourth-order valence-corrected chi connectivity index (χ4v) is 2.83. The summed E-state index contributed by atoms with van der Waals surface area (Å²) in [7, 11) is 1.97. The van der Waals surface area contributed by atoms with E-state index in [1.54, 1.807) is 6.33 Å². The maximum atomic E-state index is 12.2. The number of nitrogens with one attached hydrogen (secondary N) is 1. The van der Waals surface area contributed by atoms with Gasteiger partial charge in [-0.05, 0) is 24.0 Å². The lowest BCUT2D eigenvalue weighted by Gasteiger charge is -2.10. The molecule has 1 aromatic heterocycles. The SMILES string of the molecule is Cn1cncc1CCNC(=O)C1Cc2ccccc2C1. The summed E-state index contributed by atoms with van der Waals surface area (Å²) < 4.78 is 1.98. The Morgan fingerprint density at radius 3 is 2.65 bits per heavy atom. The van der Waals surface area contributed by atoms with Crippen molar-refractivity contribution in [2.45, 2.75) is 19.3 Å². The van der Waals surface area contributed by atoms with E-state index in [0.717, 1.165) is 25.0 Å². The average molecular weight is 269 g/mol. The topological polar surface area (TPSA) is 46.9 Å². The van der Waals surface area contributed by atoms with Crippen molar-refractivity contribution in [3.63, 3.8) is 0 Å². The number of carbonyl (C=O) groups is 1. The molecule has 20 heavy (non-hydrogen) atoms. The molecule has 0 spiro atoms. The van der Waals surface area contributed by atoms with E-state index in [0.29, 0.717) is 6.54 Å². The van der Waals surface area contributed by atoms with Crippen LogP contribution in [0, 0.1) is 5.92 Å². The Morgan fingerprint density at radius 1 is 1.35 bits per heavy atom. The van der Waals surface area contributed by atoms with Crippen LogP contribution in [-0.4, -0.2) is 22.0 Å². The predicted octanol–water partition coefficient (Wildman–Crippen LogP) is 1.49. The molecule has 0 atom stereocenters. The molecule has 104 valence electrons. The summed E-state index contributed by atoms with van der Waals surface area (Å²) in [6.07, 6.45) is 6.19. The van der Waals surface area contributed by atoms with Crippen LogP contribution in [0.3, 0.4) is 0 Å². The van der Waals surface area contributed by atoms with Crippen LogP contribution < -0.4 is 5.32 Å². The van der Waals surface area contributed by atoms with E-state index in [1.807, 2.05) is 29.9 Å². The minimum atomic E-state index is 0.0962. The second-order valence-corrected chi connectivity index (χ2v) is 5.41. The van der Waals surface area contributed by atoms with Crippen molar-refractivity contribution in [3.8, 4) is 0 Å². The van der Waals surface area contributed by atoms with E-state index in [9.17, 15) is 4.79 Å². The minimum Gasteiger partial charge on any atom is -0.355 e. The van der Waals surface area contributed by atoms with E-state index >= 15 is 0 Å². The highest BCUT2D eigenvalue weighted by Gasteiger charge is 2.26. The smallest absolute Gasteiger partial charge is 0.223 e. The molecule has 1 N–H and O–H groups in total. The second-order valence-electron chi connectivity index (χ2n) is 5.41. The Hall–Kier alpha value is -2.10. The standard InChI is InChI=1S/C16H19N3O/c1-19-11-17-10-15(19)6-7-18-16(20)14-8-12-4-2-3-5-13(12)9-14/h2-5,10-11,14H,6-9H2,1H3,(H,18,20). The monoisotopic (exact) mass is 269 g/mol. The molecule has 0 aliphatic heterocycles. The summed E-state index contributed by atoms with van der Waals surface area (Å²) in [5.41, 5.74) is 3.78. The number of fused-ring (bicyclic) bond motifs is 1. The lowest BCUT2D eigenvalue weighted by atomic mass is 10.1. The molecular weight excluding hydrogens is 250 g/mol. The normalized spacial score (nSPS) is 14.2. The Balaban J connectivity index is 1.50. The molecule has 4 nitrogen and oxygen atoms in total. The zero-order chi connectivity index (χ0) is 13.9. The van der Waals surface area contributed by atoms with Gasteiger partial charge in [-0.25, -0.2) is 4.98 Å². The summed E-state index contributed by atoms with van der Waals surface area (Å²) in [4.78, 5) is 16.3. The van der Waals surface area contributed by atoms with Crippen LogP contribution in [0.15, 0.2) is 36.8 Å². The first kappa shape index (κ1) is 12.9. The molecule has 0 saturated carbocycles. The van der Waals surface area contributed by atoms with Gasteiger partial charge in [-0.3, -0.25) is 4.79 Å². The Bertz CT molecular complexity index is 593. The largest absolute Gasteiger partial charge is 0.355 e. The molecule has 4 heteroatoms. The van der Waals surface area contributed by atoms with E-state index in [-0.39, 0.29) is 11.8 Å². The van der Waals surface area contributed by atoms with Gasteiger partial charge in [0, 0.05) is 37.8 Å². The highest BCUT2D eigenvalue weighted by Crippen LogP contribution is 2.26. The molecule has 1 aliphatic rings. The predicted molar refractivity (Wildman–Crippen MR) is 77.3 cm³/mol. The maximum Gasteiger partial charge on any atom is 0.223 e. The quantitative estimate of drug-likeness (QED) is 0.914. The molecule has 3 rings (SSSR count). The second kappa shape index (κ2) is 5.49. The number of amides is 1. The number of imidazole rings is 1. The number of benzene rings is 1. The van der Waals surface area contributed by atoms with Crippen molar-refractivity contribution in [2.75, 3.05) is 6.54 Å². The van der Waals surface area contributed by atoms with Gasteiger partial charge in [-0.1, -0.05) is 24.3 Å². The summed E-state index contributed by atoms with van der Waals surface area (Å²) >= 11 is 0. The molecule has 0 bridgehead atoms. The first-order chi connectivity index (χ1) is 9.74. The van der Waals surface area contributed by atoms with E-state index < -0.39 is 0 Å². The molecule has 0 unspecified atom stereocenters. The van der Waals surface area contributed by atoms with Gasteiger partial charge in [0.25, 0.3) is 0 Å². The summed E-state index contributed by atoms with van der Waals surface area (Å²) in [5.74, 6) is 0.266. The zero-order valence-electron chi connectivity index (χ0n) is 11.7. The van der Waals surface area contributed by atoms with Gasteiger partial charge in [0.1, 0.15) is 0 Å². The maximum absolute atomic E-state index is 12.2. The molecule has 0 radical (unpaired) electrons. The number of carbonyl (C=O) groups excluding carboxylic acids is 1. The van der Waals surface area contributed by atoms with Gasteiger partial charge in [-0.2, -0.15) is 0 Å². The Kier molecular flexibility index (Phi) is 3.54. The van der Waals surface area contributed by atoms with Crippen molar-refractivity contribution in [2.24, 2.45) is 13.0 Å². The number of hydrogen-bond acceptors (Lipinski definition) is 2. The molecule has 1 heterocycles. The van der Waals surface area contributed by atoms with Crippen LogP contribution in [0.4, 0.5) is 0 Å². The van der Waals surface area contributed by atoms with Crippen LogP contribution in [0.2, 0.25) is 0 Å². The third-order valence-corrected chi connectivity index (χ3v) is 4.02. The van der Waals surface area contributed by atoms with Crippen molar-refractivity contribution >= 4 is 5.91 Å². The van der Waals surface area contributed by atoms with Gasteiger partial charge < -0.3 is 9.88 Å². The first-order valence-corrected chi connectivity index (χ1v) is 7.03. The van der Waals surface area contributed by atoms with Gasteiger partial charge in [0.15, 0.2) is 0 Å². The highest BCUT2D eigenvalue weighted by molar-refractivity contribution is 5.80. The molecule has 2 aromatic rings. The van der Waals surface area contributed by atoms with Crippen molar-refractivity contribution in [1.82, 2.24) is 14.9 Å². The van der Waals surface area contributed by atoms with Gasteiger partial charge in [-0.15, -0.1) is 0 Å². The summed E-state index contributed by atoms with van der Waals surface area (Å²) in [6.45, 7) is 0.672. The van der Waals surface area contributed by atoms with Crippen LogP contribution in [0.1, 0.15) is 16.8 Å². The van der Waals surface area contributed by atoms with Gasteiger partial charge in [0.05, 0.1) is 6.33 Å². The number of aryl methyl sites for hydroxylation is 1. The molecule has 0 fully saturated rings. The number of rotatable bonds is 4. The third kappa shape index (κ3) is 2.59. The number of aromatic nitrogens is 2. The number of hydrogen-bond donors (Lipinski definition) is 1. The molecule has 0 saturated heterocycles. The van der Waals surface area contributed by atoms with Crippen molar-refractivity contribution < 1.29 is 4.79 Å². The molecular formula is C16H19N3O. The Labute approximate surface area is 118 Å². The third-order valence-electron chi connectivity index (χ3n) is 4.02. The van der Waals surface area contributed by atoms with Gasteiger partial charge >= 0.3 is 0 Å². The van der Waals surface area contributed by atoms with Crippen molar-refractivity contribution in [3.05, 3.63) is 53.6 Å². The Morgan fingerprint density at radius 2 is 2.05 bits per heavy atom. The van der Waals surface area contributed by atoms with Gasteiger partial charge in [0.2, 0.25) is 5.91 Å². The number of nitrogens with zero attached hydrogens (tertiary/aromatic N) is 2. The average Bonchev–Trinajstić information content (AvgIpc) is 3.05.